The number of aromatic nitrogens is 1. The van der Waals surface area contributed by atoms with Crippen molar-refractivity contribution in [3.63, 3.8) is 0 Å². The van der Waals surface area contributed by atoms with Crippen LogP contribution in [0.2, 0.25) is 0 Å². The molecule has 2 heterocycles. The molecule has 0 saturated carbocycles. The molecular weight excluding hydrogens is 340 g/mol. The molecule has 6 nitrogen and oxygen atoms in total. The van der Waals surface area contributed by atoms with Crippen molar-refractivity contribution in [2.45, 2.75) is 13.5 Å². The number of para-hydroxylation sites is 1. The zero-order valence-corrected chi connectivity index (χ0v) is 14.6. The SMILES string of the molecule is Cc1cc(COC(=O)c2ccccc2N(C)C(=O)c2cccs2)on1. The summed E-state index contributed by atoms with van der Waals surface area (Å²) < 4.78 is 10.3. The molecular formula is C18H16N2O4S. The minimum absolute atomic E-state index is 0.0173. The lowest BCUT2D eigenvalue weighted by Crippen LogP contribution is -2.27. The monoisotopic (exact) mass is 356 g/mol. The fourth-order valence-corrected chi connectivity index (χ4v) is 3.01. The van der Waals surface area contributed by atoms with Crippen LogP contribution in [0.1, 0.15) is 31.5 Å². The number of thiophene rings is 1. The fourth-order valence-electron chi connectivity index (χ4n) is 2.31. The molecule has 128 valence electrons. The van der Waals surface area contributed by atoms with E-state index < -0.39 is 5.97 Å². The molecule has 0 aliphatic heterocycles. The lowest BCUT2D eigenvalue weighted by Gasteiger charge is -2.19. The first-order valence-corrected chi connectivity index (χ1v) is 8.44. The van der Waals surface area contributed by atoms with Gasteiger partial charge in [0, 0.05) is 13.1 Å². The van der Waals surface area contributed by atoms with Crippen molar-refractivity contribution in [2.24, 2.45) is 0 Å². The van der Waals surface area contributed by atoms with E-state index in [1.54, 1.807) is 50.4 Å². The van der Waals surface area contributed by atoms with E-state index in [0.29, 0.717) is 27.6 Å². The summed E-state index contributed by atoms with van der Waals surface area (Å²) in [5, 5.41) is 5.58. The number of anilines is 1. The van der Waals surface area contributed by atoms with Gasteiger partial charge in [-0.1, -0.05) is 23.4 Å². The van der Waals surface area contributed by atoms with E-state index in [2.05, 4.69) is 5.16 Å². The van der Waals surface area contributed by atoms with Crippen LogP contribution < -0.4 is 4.90 Å². The summed E-state index contributed by atoms with van der Waals surface area (Å²) in [6, 6.07) is 12.1. The molecule has 0 N–H and O–H groups in total. The summed E-state index contributed by atoms with van der Waals surface area (Å²) in [4.78, 5) is 27.0. The van der Waals surface area contributed by atoms with Crippen molar-refractivity contribution in [2.75, 3.05) is 11.9 Å². The van der Waals surface area contributed by atoms with Crippen molar-refractivity contribution in [3.05, 3.63) is 69.7 Å². The number of hydrogen-bond acceptors (Lipinski definition) is 6. The number of aryl methyl sites for hydroxylation is 1. The third kappa shape index (κ3) is 3.77. The van der Waals surface area contributed by atoms with E-state index in [1.807, 2.05) is 11.4 Å². The van der Waals surface area contributed by atoms with Crippen LogP contribution in [0.5, 0.6) is 0 Å². The number of amides is 1. The largest absolute Gasteiger partial charge is 0.454 e. The van der Waals surface area contributed by atoms with Gasteiger partial charge in [-0.05, 0) is 30.5 Å². The van der Waals surface area contributed by atoms with E-state index in [1.165, 1.54) is 16.2 Å². The van der Waals surface area contributed by atoms with Gasteiger partial charge in [0.2, 0.25) is 0 Å². The number of carbonyl (C=O) groups excluding carboxylic acids is 2. The standard InChI is InChI=1S/C18H16N2O4S/c1-12-10-13(24-19-12)11-23-18(22)14-6-3-4-7-15(14)20(2)17(21)16-8-5-9-25-16/h3-10H,11H2,1-2H3. The van der Waals surface area contributed by atoms with Gasteiger partial charge in [0.05, 0.1) is 21.8 Å². The summed E-state index contributed by atoms with van der Waals surface area (Å²) in [7, 11) is 1.63. The van der Waals surface area contributed by atoms with Crippen LogP contribution in [0.15, 0.2) is 52.4 Å². The van der Waals surface area contributed by atoms with Crippen LogP contribution in [0, 0.1) is 6.92 Å². The molecule has 1 aromatic carbocycles. The van der Waals surface area contributed by atoms with Crippen LogP contribution >= 0.6 is 11.3 Å². The number of carbonyl (C=O) groups is 2. The zero-order valence-electron chi connectivity index (χ0n) is 13.8. The van der Waals surface area contributed by atoms with Gasteiger partial charge in [0.25, 0.3) is 5.91 Å². The second-order valence-electron chi connectivity index (χ2n) is 5.37. The Kier molecular flexibility index (Phi) is 4.95. The highest BCUT2D eigenvalue weighted by Gasteiger charge is 2.21. The van der Waals surface area contributed by atoms with Crippen molar-refractivity contribution in [1.29, 1.82) is 0 Å². The Morgan fingerprint density at radius 3 is 2.72 bits per heavy atom. The van der Waals surface area contributed by atoms with E-state index >= 15 is 0 Å². The summed E-state index contributed by atoms with van der Waals surface area (Å²) in [5.74, 6) is -0.247. The molecule has 7 heteroatoms. The number of esters is 1. The summed E-state index contributed by atoms with van der Waals surface area (Å²) >= 11 is 1.35. The maximum Gasteiger partial charge on any atom is 0.340 e. The first-order valence-electron chi connectivity index (χ1n) is 7.56. The topological polar surface area (TPSA) is 72.6 Å². The molecule has 0 atom stereocenters. The molecule has 0 radical (unpaired) electrons. The molecule has 2 aromatic heterocycles. The fraction of sp³-hybridized carbons (Fsp3) is 0.167. The van der Waals surface area contributed by atoms with Crippen LogP contribution in [0.4, 0.5) is 5.69 Å². The molecule has 0 bridgehead atoms. The highest BCUT2D eigenvalue weighted by Crippen LogP contribution is 2.23. The molecule has 25 heavy (non-hydrogen) atoms. The van der Waals surface area contributed by atoms with E-state index in [-0.39, 0.29) is 12.5 Å². The Labute approximate surface area is 148 Å². The molecule has 0 aliphatic rings. The normalized spacial score (nSPS) is 10.5. The van der Waals surface area contributed by atoms with Crippen LogP contribution in [-0.2, 0) is 11.3 Å². The van der Waals surface area contributed by atoms with Crippen molar-refractivity contribution in [1.82, 2.24) is 5.16 Å². The minimum atomic E-state index is -0.532. The van der Waals surface area contributed by atoms with Crippen LogP contribution in [0.3, 0.4) is 0 Å². The predicted octanol–water partition coefficient (Wildman–Crippen LogP) is 3.68. The second kappa shape index (κ2) is 7.31. The lowest BCUT2D eigenvalue weighted by atomic mass is 10.1. The van der Waals surface area contributed by atoms with Crippen molar-refractivity contribution < 1.29 is 18.8 Å². The van der Waals surface area contributed by atoms with Gasteiger partial charge in [0.15, 0.2) is 12.4 Å². The van der Waals surface area contributed by atoms with Gasteiger partial charge < -0.3 is 14.2 Å². The molecule has 0 aliphatic carbocycles. The molecule has 3 aromatic rings. The van der Waals surface area contributed by atoms with Gasteiger partial charge in [-0.2, -0.15) is 0 Å². The predicted molar refractivity (Wildman–Crippen MR) is 93.9 cm³/mol. The van der Waals surface area contributed by atoms with E-state index in [4.69, 9.17) is 9.26 Å². The number of hydrogen-bond donors (Lipinski definition) is 0. The van der Waals surface area contributed by atoms with Gasteiger partial charge in [-0.3, -0.25) is 4.79 Å². The van der Waals surface area contributed by atoms with E-state index in [9.17, 15) is 9.59 Å². The number of benzene rings is 1. The van der Waals surface area contributed by atoms with E-state index in [0.717, 1.165) is 0 Å². The third-order valence-electron chi connectivity index (χ3n) is 3.54. The third-order valence-corrected chi connectivity index (χ3v) is 4.40. The molecule has 0 spiro atoms. The Balaban J connectivity index is 1.78. The highest BCUT2D eigenvalue weighted by molar-refractivity contribution is 7.12. The van der Waals surface area contributed by atoms with Gasteiger partial charge in [-0.25, -0.2) is 4.79 Å². The second-order valence-corrected chi connectivity index (χ2v) is 6.32. The molecule has 1 amide bonds. The van der Waals surface area contributed by atoms with Gasteiger partial charge in [0.1, 0.15) is 0 Å². The minimum Gasteiger partial charge on any atom is -0.454 e. The highest BCUT2D eigenvalue weighted by atomic mass is 32.1. The van der Waals surface area contributed by atoms with Crippen molar-refractivity contribution in [3.8, 4) is 0 Å². The summed E-state index contributed by atoms with van der Waals surface area (Å²) in [6.45, 7) is 1.77. The quantitative estimate of drug-likeness (QED) is 0.652. The Morgan fingerprint density at radius 1 is 1.24 bits per heavy atom. The smallest absolute Gasteiger partial charge is 0.340 e. The number of nitrogens with zero attached hydrogens (tertiary/aromatic N) is 2. The number of ether oxygens (including phenoxy) is 1. The Hall–Kier alpha value is -2.93. The molecule has 0 fully saturated rings. The Bertz CT molecular complexity index is 886. The number of rotatable bonds is 5. The van der Waals surface area contributed by atoms with Crippen LogP contribution in [-0.4, -0.2) is 24.1 Å². The average Bonchev–Trinajstić information content (AvgIpc) is 3.30. The Morgan fingerprint density at radius 2 is 2.04 bits per heavy atom. The van der Waals surface area contributed by atoms with Crippen LogP contribution in [0.25, 0.3) is 0 Å². The summed E-state index contributed by atoms with van der Waals surface area (Å²) in [5.41, 5.74) is 1.51. The summed E-state index contributed by atoms with van der Waals surface area (Å²) in [6.07, 6.45) is 0. The first kappa shape index (κ1) is 16.9. The molecule has 0 unspecified atom stereocenters. The average molecular weight is 356 g/mol. The molecule has 3 rings (SSSR count). The zero-order chi connectivity index (χ0) is 17.8. The van der Waals surface area contributed by atoms with Crippen molar-refractivity contribution >= 4 is 28.9 Å². The molecule has 0 saturated heterocycles. The maximum absolute atomic E-state index is 12.5. The van der Waals surface area contributed by atoms with Gasteiger partial charge >= 0.3 is 5.97 Å². The first-order chi connectivity index (χ1) is 12.1. The maximum atomic E-state index is 12.5. The van der Waals surface area contributed by atoms with Gasteiger partial charge in [-0.15, -0.1) is 11.3 Å². The lowest BCUT2D eigenvalue weighted by molar-refractivity contribution is 0.0438.